The molecule has 0 aliphatic carbocycles. The van der Waals surface area contributed by atoms with Crippen molar-refractivity contribution in [1.82, 2.24) is 14.7 Å². The number of nitrogens with zero attached hydrogens (tertiary/aromatic N) is 3. The minimum Gasteiger partial charge on any atom is -0.493 e. The van der Waals surface area contributed by atoms with Crippen molar-refractivity contribution in [2.24, 2.45) is 0 Å². The number of rotatable bonds is 5. The zero-order valence-corrected chi connectivity index (χ0v) is 14.0. The Morgan fingerprint density at radius 3 is 2.74 bits per heavy atom. The third-order valence-corrected chi connectivity index (χ3v) is 3.89. The summed E-state index contributed by atoms with van der Waals surface area (Å²) in [6.45, 7) is 6.43. The van der Waals surface area contributed by atoms with Gasteiger partial charge in [-0.3, -0.25) is 4.68 Å². The molecular formula is C19H23N3O. The van der Waals surface area contributed by atoms with Crippen molar-refractivity contribution in [2.45, 2.75) is 20.4 Å². The number of hydrogen-bond acceptors (Lipinski definition) is 3. The molecule has 1 aliphatic rings. The summed E-state index contributed by atoms with van der Waals surface area (Å²) in [6.07, 6.45) is 8.23. The number of ether oxygens (including phenoxy) is 1. The number of hydrogen-bond donors (Lipinski definition) is 0. The third-order valence-electron chi connectivity index (χ3n) is 3.89. The molecule has 23 heavy (non-hydrogen) atoms. The highest BCUT2D eigenvalue weighted by atomic mass is 16.5. The van der Waals surface area contributed by atoms with Gasteiger partial charge in [-0.15, -0.1) is 0 Å². The summed E-state index contributed by atoms with van der Waals surface area (Å²) >= 11 is 0. The fraction of sp³-hybridized carbons (Fsp3) is 0.316. The zero-order valence-electron chi connectivity index (χ0n) is 14.0. The smallest absolute Gasteiger partial charge is 0.126 e. The van der Waals surface area contributed by atoms with Gasteiger partial charge in [-0.1, -0.05) is 29.8 Å². The minimum absolute atomic E-state index is 0.671. The highest BCUT2D eigenvalue weighted by Gasteiger charge is 2.16. The summed E-state index contributed by atoms with van der Waals surface area (Å²) < 4.78 is 7.74. The van der Waals surface area contributed by atoms with Crippen molar-refractivity contribution >= 4 is 5.57 Å². The number of allylic oxidation sites excluding steroid dienone is 1. The maximum Gasteiger partial charge on any atom is 0.126 e. The molecule has 0 fully saturated rings. The highest BCUT2D eigenvalue weighted by molar-refractivity contribution is 5.77. The van der Waals surface area contributed by atoms with Crippen LogP contribution in [0.4, 0.5) is 0 Å². The quantitative estimate of drug-likeness (QED) is 0.847. The van der Waals surface area contributed by atoms with Gasteiger partial charge in [-0.05, 0) is 25.5 Å². The molecule has 4 nitrogen and oxygen atoms in total. The molecule has 0 N–H and O–H groups in total. The Balaban J connectivity index is 1.80. The number of likely N-dealkylation sites (N-methyl/N-ethyl adjacent to an activating group) is 1. The van der Waals surface area contributed by atoms with E-state index in [-0.39, 0.29) is 0 Å². The lowest BCUT2D eigenvalue weighted by molar-refractivity contribution is 0.240. The van der Waals surface area contributed by atoms with E-state index in [2.05, 4.69) is 66.7 Å². The average Bonchev–Trinajstić information content (AvgIpc) is 3.00. The van der Waals surface area contributed by atoms with Crippen LogP contribution in [0.2, 0.25) is 0 Å². The van der Waals surface area contributed by atoms with Crippen LogP contribution in [0.15, 0.2) is 54.7 Å². The summed E-state index contributed by atoms with van der Waals surface area (Å²) in [7, 11) is 2.07. The molecule has 0 radical (unpaired) electrons. The van der Waals surface area contributed by atoms with Gasteiger partial charge in [0.1, 0.15) is 5.76 Å². The monoisotopic (exact) mass is 309 g/mol. The maximum atomic E-state index is 5.77. The van der Waals surface area contributed by atoms with Crippen LogP contribution in [0.3, 0.4) is 0 Å². The molecule has 2 aromatic rings. The molecular weight excluding hydrogens is 286 g/mol. The molecule has 0 unspecified atom stereocenters. The molecule has 0 amide bonds. The Morgan fingerprint density at radius 2 is 2.00 bits per heavy atom. The van der Waals surface area contributed by atoms with Crippen LogP contribution in [-0.2, 0) is 11.3 Å². The lowest BCUT2D eigenvalue weighted by atomic mass is 10.1. The predicted octanol–water partition coefficient (Wildman–Crippen LogP) is 3.45. The molecule has 1 aromatic carbocycles. The van der Waals surface area contributed by atoms with Crippen LogP contribution in [0.5, 0.6) is 0 Å². The van der Waals surface area contributed by atoms with Crippen LogP contribution >= 0.6 is 0 Å². The van der Waals surface area contributed by atoms with E-state index in [4.69, 9.17) is 4.74 Å². The van der Waals surface area contributed by atoms with E-state index >= 15 is 0 Å². The van der Waals surface area contributed by atoms with Gasteiger partial charge in [0.25, 0.3) is 0 Å². The van der Waals surface area contributed by atoms with Gasteiger partial charge in [0.15, 0.2) is 0 Å². The first-order valence-electron chi connectivity index (χ1n) is 7.99. The largest absolute Gasteiger partial charge is 0.493 e. The molecule has 120 valence electrons. The van der Waals surface area contributed by atoms with Gasteiger partial charge in [0, 0.05) is 37.1 Å². The second-order valence-corrected chi connectivity index (χ2v) is 5.90. The normalized spacial score (nSPS) is 14.5. The fourth-order valence-corrected chi connectivity index (χ4v) is 2.65. The second-order valence-electron chi connectivity index (χ2n) is 5.90. The molecule has 0 atom stereocenters. The zero-order chi connectivity index (χ0) is 16.2. The van der Waals surface area contributed by atoms with Crippen molar-refractivity contribution in [3.05, 3.63) is 71.4 Å². The van der Waals surface area contributed by atoms with Gasteiger partial charge < -0.3 is 9.64 Å². The molecule has 3 rings (SSSR count). The standard InChI is InChI=1S/C19H23N3O/c1-4-23-19-9-10-21(3)14-18(19)17-11-20-22(13-17)12-16-7-5-15(2)6-8-16/h5-9,11,13-14H,4,10,12H2,1-3H3. The summed E-state index contributed by atoms with van der Waals surface area (Å²) in [4.78, 5) is 2.15. The van der Waals surface area contributed by atoms with E-state index in [1.165, 1.54) is 11.1 Å². The average molecular weight is 309 g/mol. The van der Waals surface area contributed by atoms with Gasteiger partial charge in [0.2, 0.25) is 0 Å². The minimum atomic E-state index is 0.671. The Labute approximate surface area is 137 Å². The SMILES string of the molecule is CCOC1=CCN(C)C=C1c1cnn(Cc2ccc(C)cc2)c1. The van der Waals surface area contributed by atoms with Crippen LogP contribution in [0, 0.1) is 6.92 Å². The van der Waals surface area contributed by atoms with Gasteiger partial charge in [-0.2, -0.15) is 5.10 Å². The first-order chi connectivity index (χ1) is 11.2. The van der Waals surface area contributed by atoms with Gasteiger partial charge in [-0.25, -0.2) is 0 Å². The molecule has 1 aromatic heterocycles. The number of benzene rings is 1. The molecule has 2 heterocycles. The van der Waals surface area contributed by atoms with Gasteiger partial charge in [0.05, 0.1) is 19.3 Å². The van der Waals surface area contributed by atoms with E-state index in [1.807, 2.05) is 17.8 Å². The Bertz CT molecular complexity index is 725. The van der Waals surface area contributed by atoms with E-state index in [9.17, 15) is 0 Å². The molecule has 0 spiro atoms. The summed E-state index contributed by atoms with van der Waals surface area (Å²) in [5.74, 6) is 0.945. The Morgan fingerprint density at radius 1 is 1.22 bits per heavy atom. The maximum absolute atomic E-state index is 5.77. The third kappa shape index (κ3) is 3.65. The Kier molecular flexibility index (Phi) is 4.51. The first kappa shape index (κ1) is 15.4. The topological polar surface area (TPSA) is 30.3 Å². The van der Waals surface area contributed by atoms with Crippen molar-refractivity contribution in [3.8, 4) is 0 Å². The molecule has 4 heteroatoms. The van der Waals surface area contributed by atoms with Gasteiger partial charge >= 0.3 is 0 Å². The molecule has 0 bridgehead atoms. The molecule has 0 saturated heterocycles. The second kappa shape index (κ2) is 6.73. The summed E-state index contributed by atoms with van der Waals surface area (Å²) in [5, 5.41) is 4.50. The molecule has 0 saturated carbocycles. The van der Waals surface area contributed by atoms with Crippen molar-refractivity contribution in [1.29, 1.82) is 0 Å². The van der Waals surface area contributed by atoms with E-state index in [0.717, 1.165) is 30.0 Å². The molecule has 1 aliphatic heterocycles. The van der Waals surface area contributed by atoms with Crippen LogP contribution < -0.4 is 0 Å². The summed E-state index contributed by atoms with van der Waals surface area (Å²) in [5.41, 5.74) is 4.71. The van der Waals surface area contributed by atoms with E-state index in [1.54, 1.807) is 0 Å². The number of aryl methyl sites for hydroxylation is 1. The van der Waals surface area contributed by atoms with Crippen molar-refractivity contribution < 1.29 is 4.74 Å². The van der Waals surface area contributed by atoms with Crippen LogP contribution in [0.1, 0.15) is 23.6 Å². The fourth-order valence-electron chi connectivity index (χ4n) is 2.65. The van der Waals surface area contributed by atoms with Crippen LogP contribution in [-0.4, -0.2) is 34.9 Å². The van der Waals surface area contributed by atoms with Crippen molar-refractivity contribution in [3.63, 3.8) is 0 Å². The van der Waals surface area contributed by atoms with Crippen molar-refractivity contribution in [2.75, 3.05) is 20.2 Å². The van der Waals surface area contributed by atoms with E-state index < -0.39 is 0 Å². The van der Waals surface area contributed by atoms with Crippen LogP contribution in [0.25, 0.3) is 5.57 Å². The lowest BCUT2D eigenvalue weighted by Gasteiger charge is -2.22. The van der Waals surface area contributed by atoms with E-state index in [0.29, 0.717) is 6.61 Å². The highest BCUT2D eigenvalue weighted by Crippen LogP contribution is 2.27. The first-order valence-corrected chi connectivity index (χ1v) is 7.99. The predicted molar refractivity (Wildman–Crippen MR) is 92.8 cm³/mol. The Hall–Kier alpha value is -2.49. The lowest BCUT2D eigenvalue weighted by Crippen LogP contribution is -2.17. The summed E-state index contributed by atoms with van der Waals surface area (Å²) in [6, 6.07) is 8.56. The number of aromatic nitrogens is 2.